The highest BCUT2D eigenvalue weighted by atomic mass is 79.9. The highest BCUT2D eigenvalue weighted by molar-refractivity contribution is 9.10. The molecule has 3 amide bonds. The van der Waals surface area contributed by atoms with E-state index in [0.717, 1.165) is 10.0 Å². The second-order valence-electron chi connectivity index (χ2n) is 3.77. The Morgan fingerprint density at radius 3 is 2.65 bits per heavy atom. The lowest BCUT2D eigenvalue weighted by Crippen LogP contribution is -2.40. The van der Waals surface area contributed by atoms with E-state index in [-0.39, 0.29) is 11.9 Å². The standard InChI is InChI=1S/C12H12BrN2O2/c13-10-5-3-9(4-6-10)8-14-12(17)15-7-1-2-11(15)16/h2-6H,1,7-8H2,(H,14,17). The minimum atomic E-state index is -0.327. The zero-order valence-electron chi connectivity index (χ0n) is 9.15. The molecule has 0 atom stereocenters. The monoisotopic (exact) mass is 295 g/mol. The molecule has 4 nitrogen and oxygen atoms in total. The molecule has 5 heteroatoms. The van der Waals surface area contributed by atoms with Crippen molar-refractivity contribution in [3.8, 4) is 0 Å². The summed E-state index contributed by atoms with van der Waals surface area (Å²) in [6.07, 6.45) is 2.17. The minimum Gasteiger partial charge on any atom is -0.334 e. The highest BCUT2D eigenvalue weighted by Crippen LogP contribution is 2.11. The fourth-order valence-corrected chi connectivity index (χ4v) is 1.88. The Morgan fingerprint density at radius 1 is 1.35 bits per heavy atom. The van der Waals surface area contributed by atoms with E-state index in [9.17, 15) is 9.59 Å². The Morgan fingerprint density at radius 2 is 2.06 bits per heavy atom. The number of imide groups is 1. The molecule has 1 radical (unpaired) electrons. The molecule has 0 bridgehead atoms. The molecule has 1 fully saturated rings. The second-order valence-corrected chi connectivity index (χ2v) is 4.68. The van der Waals surface area contributed by atoms with Crippen LogP contribution in [0.5, 0.6) is 0 Å². The van der Waals surface area contributed by atoms with E-state index in [1.54, 1.807) is 0 Å². The highest BCUT2D eigenvalue weighted by Gasteiger charge is 2.26. The number of rotatable bonds is 2. The van der Waals surface area contributed by atoms with E-state index in [4.69, 9.17) is 0 Å². The zero-order valence-corrected chi connectivity index (χ0v) is 10.7. The van der Waals surface area contributed by atoms with E-state index >= 15 is 0 Å². The summed E-state index contributed by atoms with van der Waals surface area (Å²) in [7, 11) is 0. The van der Waals surface area contributed by atoms with Gasteiger partial charge in [0.1, 0.15) is 0 Å². The van der Waals surface area contributed by atoms with E-state index < -0.39 is 0 Å². The summed E-state index contributed by atoms with van der Waals surface area (Å²) >= 11 is 3.34. The third-order valence-electron chi connectivity index (χ3n) is 2.54. The first kappa shape index (κ1) is 12.1. The summed E-state index contributed by atoms with van der Waals surface area (Å²) in [5, 5.41) is 2.72. The van der Waals surface area contributed by atoms with Crippen LogP contribution in [-0.4, -0.2) is 23.4 Å². The molecule has 17 heavy (non-hydrogen) atoms. The van der Waals surface area contributed by atoms with Crippen molar-refractivity contribution in [3.63, 3.8) is 0 Å². The molecule has 0 aliphatic carbocycles. The fraction of sp³-hybridized carbons (Fsp3) is 0.250. The van der Waals surface area contributed by atoms with Gasteiger partial charge in [0.25, 0.3) is 0 Å². The Kier molecular flexibility index (Phi) is 3.78. The Hall–Kier alpha value is -1.36. The smallest absolute Gasteiger partial charge is 0.324 e. The number of urea groups is 1. The molecule has 89 valence electrons. The average Bonchev–Trinajstić information content (AvgIpc) is 2.74. The first-order valence-corrected chi connectivity index (χ1v) is 6.13. The van der Waals surface area contributed by atoms with Gasteiger partial charge in [-0.2, -0.15) is 0 Å². The molecule has 1 aliphatic rings. The number of hydrogen-bond donors (Lipinski definition) is 1. The Labute approximate surface area is 108 Å². The summed E-state index contributed by atoms with van der Waals surface area (Å²) in [4.78, 5) is 24.2. The van der Waals surface area contributed by atoms with Crippen LogP contribution in [0, 0.1) is 6.42 Å². The maximum absolute atomic E-state index is 11.7. The van der Waals surface area contributed by atoms with Crippen molar-refractivity contribution >= 4 is 27.9 Å². The molecule has 1 heterocycles. The summed E-state index contributed by atoms with van der Waals surface area (Å²) in [5.74, 6) is -0.210. The minimum absolute atomic E-state index is 0.210. The lowest BCUT2D eigenvalue weighted by atomic mass is 10.2. The molecule has 0 saturated carbocycles. The third kappa shape index (κ3) is 3.06. The summed E-state index contributed by atoms with van der Waals surface area (Å²) in [6.45, 7) is 0.904. The number of hydrogen-bond acceptors (Lipinski definition) is 2. The molecule has 1 aromatic carbocycles. The van der Waals surface area contributed by atoms with Gasteiger partial charge in [-0.1, -0.05) is 28.1 Å². The fourth-order valence-electron chi connectivity index (χ4n) is 1.61. The van der Waals surface area contributed by atoms with Crippen LogP contribution in [0.2, 0.25) is 0 Å². The van der Waals surface area contributed by atoms with Gasteiger partial charge in [0.2, 0.25) is 5.91 Å². The van der Waals surface area contributed by atoms with Crippen molar-refractivity contribution in [2.24, 2.45) is 0 Å². The number of carbonyl (C=O) groups excluding carboxylic acids is 2. The third-order valence-corrected chi connectivity index (χ3v) is 3.07. The predicted octanol–water partition coefficient (Wildman–Crippen LogP) is 2.10. The predicted molar refractivity (Wildman–Crippen MR) is 67.0 cm³/mol. The van der Waals surface area contributed by atoms with Gasteiger partial charge in [0, 0.05) is 17.6 Å². The van der Waals surface area contributed by atoms with Crippen molar-refractivity contribution < 1.29 is 9.59 Å². The van der Waals surface area contributed by atoms with Crippen LogP contribution in [0.3, 0.4) is 0 Å². The molecule has 1 aromatic rings. The number of carbonyl (C=O) groups is 2. The van der Waals surface area contributed by atoms with Gasteiger partial charge in [0.05, 0.1) is 6.42 Å². The summed E-state index contributed by atoms with van der Waals surface area (Å²) in [5.41, 5.74) is 0.997. The molecule has 2 rings (SSSR count). The van der Waals surface area contributed by atoms with Crippen LogP contribution in [0.4, 0.5) is 4.79 Å². The lowest BCUT2D eigenvalue weighted by molar-refractivity contribution is -0.122. The maximum Gasteiger partial charge on any atom is 0.324 e. The Bertz CT molecular complexity index is 431. The topological polar surface area (TPSA) is 49.4 Å². The van der Waals surface area contributed by atoms with Crippen LogP contribution in [0.15, 0.2) is 28.7 Å². The molecular weight excluding hydrogens is 284 g/mol. The number of halogens is 1. The quantitative estimate of drug-likeness (QED) is 0.908. The molecule has 1 saturated heterocycles. The molecule has 0 aromatic heterocycles. The molecule has 1 aliphatic heterocycles. The first-order chi connectivity index (χ1) is 8.16. The molecular formula is C12H12BrN2O2. The molecule has 0 spiro atoms. The van der Waals surface area contributed by atoms with Gasteiger partial charge in [-0.15, -0.1) is 0 Å². The SMILES string of the molecule is O=C1[CH]CCN1C(=O)NCc1ccc(Br)cc1. The number of nitrogens with zero attached hydrogens (tertiary/aromatic N) is 1. The number of likely N-dealkylation sites (tertiary alicyclic amines) is 1. The Balaban J connectivity index is 1.87. The van der Waals surface area contributed by atoms with Crippen molar-refractivity contribution in [1.82, 2.24) is 10.2 Å². The van der Waals surface area contributed by atoms with Crippen LogP contribution < -0.4 is 5.32 Å². The number of benzene rings is 1. The number of nitrogens with one attached hydrogen (secondary N) is 1. The van der Waals surface area contributed by atoms with E-state index in [1.807, 2.05) is 24.3 Å². The van der Waals surface area contributed by atoms with Gasteiger partial charge in [-0.25, -0.2) is 4.79 Å². The summed E-state index contributed by atoms with van der Waals surface area (Å²) < 4.78 is 0.997. The van der Waals surface area contributed by atoms with Gasteiger partial charge in [-0.05, 0) is 24.1 Å². The zero-order chi connectivity index (χ0) is 12.3. The van der Waals surface area contributed by atoms with Crippen LogP contribution in [0.1, 0.15) is 12.0 Å². The van der Waals surface area contributed by atoms with Gasteiger partial charge in [-0.3, -0.25) is 9.69 Å². The van der Waals surface area contributed by atoms with Gasteiger partial charge < -0.3 is 5.32 Å². The van der Waals surface area contributed by atoms with E-state index in [0.29, 0.717) is 19.5 Å². The summed E-state index contributed by atoms with van der Waals surface area (Å²) in [6, 6.07) is 7.34. The average molecular weight is 296 g/mol. The van der Waals surface area contributed by atoms with E-state index in [2.05, 4.69) is 21.2 Å². The van der Waals surface area contributed by atoms with Crippen molar-refractivity contribution in [2.45, 2.75) is 13.0 Å². The van der Waals surface area contributed by atoms with Gasteiger partial charge >= 0.3 is 6.03 Å². The van der Waals surface area contributed by atoms with Crippen molar-refractivity contribution in [1.29, 1.82) is 0 Å². The largest absolute Gasteiger partial charge is 0.334 e. The van der Waals surface area contributed by atoms with Crippen molar-refractivity contribution in [2.75, 3.05) is 6.54 Å². The molecule has 1 N–H and O–H groups in total. The van der Waals surface area contributed by atoms with Gasteiger partial charge in [0.15, 0.2) is 0 Å². The van der Waals surface area contributed by atoms with Crippen LogP contribution in [-0.2, 0) is 11.3 Å². The lowest BCUT2D eigenvalue weighted by Gasteiger charge is -2.14. The van der Waals surface area contributed by atoms with E-state index in [1.165, 1.54) is 11.3 Å². The normalized spacial score (nSPS) is 15.1. The van der Waals surface area contributed by atoms with Crippen molar-refractivity contribution in [3.05, 3.63) is 40.7 Å². The second kappa shape index (κ2) is 5.31. The van der Waals surface area contributed by atoms with Crippen LogP contribution in [0.25, 0.3) is 0 Å². The molecule has 0 unspecified atom stereocenters. The maximum atomic E-state index is 11.7. The first-order valence-electron chi connectivity index (χ1n) is 5.34. The number of amides is 3. The van der Waals surface area contributed by atoms with Crippen LogP contribution >= 0.6 is 15.9 Å².